The third kappa shape index (κ3) is 3.44. The van der Waals surface area contributed by atoms with Gasteiger partial charge in [-0.1, -0.05) is 0 Å². The monoisotopic (exact) mass is 237 g/mol. The van der Waals surface area contributed by atoms with Crippen LogP contribution < -0.4 is 17.0 Å². The van der Waals surface area contributed by atoms with Crippen molar-refractivity contribution in [3.05, 3.63) is 27.0 Å². The summed E-state index contributed by atoms with van der Waals surface area (Å²) in [6.45, 7) is -0.140. The predicted octanol–water partition coefficient (Wildman–Crippen LogP) is 0.461. The Hall–Kier alpha value is -1.73. The van der Waals surface area contributed by atoms with Crippen LogP contribution in [0.1, 0.15) is 12.8 Å². The molecule has 1 aromatic rings. The molecular formula is C8H10F3N3O2. The number of H-pyrrole nitrogens is 1. The fourth-order valence-electron chi connectivity index (χ4n) is 1.14. The van der Waals surface area contributed by atoms with E-state index in [0.29, 0.717) is 0 Å². The number of anilines is 1. The highest BCUT2D eigenvalue weighted by atomic mass is 19.4. The van der Waals surface area contributed by atoms with Crippen molar-refractivity contribution in [2.75, 3.05) is 5.73 Å². The topological polar surface area (TPSA) is 80.9 Å². The van der Waals surface area contributed by atoms with Crippen molar-refractivity contribution in [2.45, 2.75) is 25.6 Å². The molecular weight excluding hydrogens is 227 g/mol. The molecule has 0 aliphatic carbocycles. The number of hydrogen-bond donors (Lipinski definition) is 2. The van der Waals surface area contributed by atoms with E-state index in [1.807, 2.05) is 4.98 Å². The average Bonchev–Trinajstić information content (AvgIpc) is 2.11. The van der Waals surface area contributed by atoms with Gasteiger partial charge in [-0.25, -0.2) is 4.79 Å². The number of rotatable bonds is 3. The highest BCUT2D eigenvalue weighted by Gasteiger charge is 2.26. The van der Waals surface area contributed by atoms with Gasteiger partial charge in [0.25, 0.3) is 5.56 Å². The fraction of sp³-hybridized carbons (Fsp3) is 0.500. The summed E-state index contributed by atoms with van der Waals surface area (Å²) in [5, 5.41) is 0. The molecule has 16 heavy (non-hydrogen) atoms. The fourth-order valence-corrected chi connectivity index (χ4v) is 1.14. The van der Waals surface area contributed by atoms with Crippen molar-refractivity contribution >= 4 is 5.69 Å². The van der Waals surface area contributed by atoms with Gasteiger partial charge in [-0.2, -0.15) is 13.2 Å². The van der Waals surface area contributed by atoms with Crippen molar-refractivity contribution in [1.82, 2.24) is 9.55 Å². The van der Waals surface area contributed by atoms with E-state index in [-0.39, 0.29) is 18.7 Å². The molecule has 0 radical (unpaired) electrons. The molecule has 0 saturated heterocycles. The lowest BCUT2D eigenvalue weighted by Crippen LogP contribution is -2.31. The van der Waals surface area contributed by atoms with Gasteiger partial charge in [0.2, 0.25) is 0 Å². The SMILES string of the molecule is Nc1cn(CCCC(F)(F)F)c(=O)[nH]c1=O. The van der Waals surface area contributed by atoms with Crippen molar-refractivity contribution < 1.29 is 13.2 Å². The number of aryl methyl sites for hydroxylation is 1. The van der Waals surface area contributed by atoms with E-state index in [4.69, 9.17) is 5.73 Å². The van der Waals surface area contributed by atoms with Gasteiger partial charge in [0.1, 0.15) is 5.69 Å². The number of nitrogens with two attached hydrogens (primary N) is 1. The molecule has 1 rings (SSSR count). The van der Waals surface area contributed by atoms with E-state index in [1.54, 1.807) is 0 Å². The van der Waals surface area contributed by atoms with Crippen molar-refractivity contribution in [1.29, 1.82) is 0 Å². The van der Waals surface area contributed by atoms with Gasteiger partial charge in [0.05, 0.1) is 0 Å². The summed E-state index contributed by atoms with van der Waals surface area (Å²) in [5.41, 5.74) is 3.52. The smallest absolute Gasteiger partial charge is 0.389 e. The standard InChI is InChI=1S/C8H10F3N3O2/c9-8(10,11)2-1-3-14-4-5(12)6(15)13-7(14)16/h4H,1-3,12H2,(H,13,15,16). The average molecular weight is 237 g/mol. The van der Waals surface area contributed by atoms with Gasteiger partial charge in [0, 0.05) is 19.2 Å². The molecule has 1 aromatic heterocycles. The maximum absolute atomic E-state index is 11.8. The predicted molar refractivity (Wildman–Crippen MR) is 51.0 cm³/mol. The molecule has 0 bridgehead atoms. The van der Waals surface area contributed by atoms with Crippen LogP contribution in [0.3, 0.4) is 0 Å². The third-order valence-corrected chi connectivity index (χ3v) is 1.90. The van der Waals surface area contributed by atoms with Crippen LogP contribution in [0.4, 0.5) is 18.9 Å². The Labute approximate surface area is 87.7 Å². The van der Waals surface area contributed by atoms with E-state index in [9.17, 15) is 22.8 Å². The molecule has 0 unspecified atom stereocenters. The first-order valence-corrected chi connectivity index (χ1v) is 4.45. The number of aromatic nitrogens is 2. The van der Waals surface area contributed by atoms with Gasteiger partial charge in [0.15, 0.2) is 0 Å². The second kappa shape index (κ2) is 4.42. The molecule has 3 N–H and O–H groups in total. The minimum Gasteiger partial charge on any atom is -0.393 e. The molecule has 0 aliphatic heterocycles. The zero-order chi connectivity index (χ0) is 12.3. The summed E-state index contributed by atoms with van der Waals surface area (Å²) in [4.78, 5) is 23.9. The summed E-state index contributed by atoms with van der Waals surface area (Å²) in [6.07, 6.45) is -4.44. The van der Waals surface area contributed by atoms with Crippen molar-refractivity contribution in [3.8, 4) is 0 Å². The lowest BCUT2D eigenvalue weighted by Gasteiger charge is -2.07. The lowest BCUT2D eigenvalue weighted by molar-refractivity contribution is -0.135. The zero-order valence-electron chi connectivity index (χ0n) is 8.17. The number of nitrogens with one attached hydrogen (secondary N) is 1. The zero-order valence-corrected chi connectivity index (χ0v) is 8.17. The second-order valence-electron chi connectivity index (χ2n) is 3.26. The van der Waals surface area contributed by atoms with E-state index in [0.717, 1.165) is 10.8 Å². The molecule has 8 heteroatoms. The van der Waals surface area contributed by atoms with Gasteiger partial charge in [-0.3, -0.25) is 14.3 Å². The number of aromatic amines is 1. The lowest BCUT2D eigenvalue weighted by atomic mass is 10.3. The van der Waals surface area contributed by atoms with E-state index >= 15 is 0 Å². The first kappa shape index (κ1) is 12.3. The Morgan fingerprint density at radius 2 is 2.00 bits per heavy atom. The van der Waals surface area contributed by atoms with Gasteiger partial charge >= 0.3 is 11.9 Å². The molecule has 0 aromatic carbocycles. The number of nitrogen functional groups attached to an aromatic ring is 1. The summed E-state index contributed by atoms with van der Waals surface area (Å²) in [6, 6.07) is 0. The molecule has 0 aliphatic rings. The first-order chi connectivity index (χ1) is 7.29. The summed E-state index contributed by atoms with van der Waals surface area (Å²) >= 11 is 0. The van der Waals surface area contributed by atoms with Crippen LogP contribution in [0.5, 0.6) is 0 Å². The largest absolute Gasteiger partial charge is 0.393 e. The number of alkyl halides is 3. The quantitative estimate of drug-likeness (QED) is 0.801. The summed E-state index contributed by atoms with van der Waals surface area (Å²) < 4.78 is 36.4. The van der Waals surface area contributed by atoms with Crippen LogP contribution in [-0.4, -0.2) is 15.7 Å². The van der Waals surface area contributed by atoms with Gasteiger partial charge < -0.3 is 5.73 Å². The molecule has 0 amide bonds. The van der Waals surface area contributed by atoms with Crippen LogP contribution in [0, 0.1) is 0 Å². The highest BCUT2D eigenvalue weighted by molar-refractivity contribution is 5.30. The Kier molecular flexibility index (Phi) is 3.41. The minimum atomic E-state index is -4.25. The minimum absolute atomic E-state index is 0.140. The summed E-state index contributed by atoms with van der Waals surface area (Å²) in [5.74, 6) is 0. The van der Waals surface area contributed by atoms with E-state index in [2.05, 4.69) is 0 Å². The Morgan fingerprint density at radius 1 is 1.38 bits per heavy atom. The Balaban J connectivity index is 2.72. The molecule has 1 heterocycles. The first-order valence-electron chi connectivity index (χ1n) is 4.45. The van der Waals surface area contributed by atoms with Crippen molar-refractivity contribution in [2.24, 2.45) is 0 Å². The summed E-state index contributed by atoms with van der Waals surface area (Å²) in [7, 11) is 0. The number of nitrogens with zero attached hydrogens (tertiary/aromatic N) is 1. The van der Waals surface area contributed by atoms with Crippen LogP contribution >= 0.6 is 0 Å². The molecule has 0 spiro atoms. The molecule has 0 saturated carbocycles. The maximum atomic E-state index is 11.8. The Bertz CT molecular complexity index is 475. The molecule has 0 atom stereocenters. The van der Waals surface area contributed by atoms with Gasteiger partial charge in [-0.05, 0) is 6.42 Å². The third-order valence-electron chi connectivity index (χ3n) is 1.90. The van der Waals surface area contributed by atoms with Crippen molar-refractivity contribution in [3.63, 3.8) is 0 Å². The number of halogens is 3. The van der Waals surface area contributed by atoms with E-state index < -0.39 is 23.8 Å². The second-order valence-corrected chi connectivity index (χ2v) is 3.26. The van der Waals surface area contributed by atoms with E-state index in [1.165, 1.54) is 0 Å². The van der Waals surface area contributed by atoms with Crippen LogP contribution in [0.15, 0.2) is 15.8 Å². The molecule has 0 fully saturated rings. The molecule has 90 valence electrons. The van der Waals surface area contributed by atoms with Crippen LogP contribution in [-0.2, 0) is 6.54 Å². The Morgan fingerprint density at radius 3 is 2.56 bits per heavy atom. The maximum Gasteiger partial charge on any atom is 0.389 e. The van der Waals surface area contributed by atoms with Crippen LogP contribution in [0.2, 0.25) is 0 Å². The van der Waals surface area contributed by atoms with Gasteiger partial charge in [-0.15, -0.1) is 0 Å². The molecule has 5 nitrogen and oxygen atoms in total. The highest BCUT2D eigenvalue weighted by Crippen LogP contribution is 2.21. The van der Waals surface area contributed by atoms with Crippen LogP contribution in [0.25, 0.3) is 0 Å². The normalized spacial score (nSPS) is 11.7. The number of hydrogen-bond acceptors (Lipinski definition) is 3.